The Kier molecular flexibility index (Phi) is 8.78. The van der Waals surface area contributed by atoms with Crippen molar-refractivity contribution in [1.82, 2.24) is 15.0 Å². The van der Waals surface area contributed by atoms with E-state index in [4.69, 9.17) is 18.7 Å². The number of aliphatic carboxylic acids is 1. The minimum Gasteiger partial charge on any atom is -0.497 e. The Morgan fingerprint density at radius 1 is 0.949 bits per heavy atom. The molecule has 4 aromatic rings. The molecule has 0 fully saturated rings. The summed E-state index contributed by atoms with van der Waals surface area (Å²) >= 11 is 0. The highest BCUT2D eigenvalue weighted by atomic mass is 16.6. The van der Waals surface area contributed by atoms with Crippen LogP contribution in [-0.4, -0.2) is 52.5 Å². The van der Waals surface area contributed by atoms with Gasteiger partial charge in [-0.2, -0.15) is 4.98 Å². The highest BCUT2D eigenvalue weighted by molar-refractivity contribution is 5.78. The van der Waals surface area contributed by atoms with E-state index in [-0.39, 0.29) is 5.75 Å². The molecule has 0 radical (unpaired) electrons. The van der Waals surface area contributed by atoms with Crippen LogP contribution in [0.3, 0.4) is 0 Å². The Bertz CT molecular complexity index is 1380. The van der Waals surface area contributed by atoms with E-state index >= 15 is 0 Å². The Hall–Kier alpha value is -4.86. The number of carbonyl (C=O) groups is 2. The molecule has 0 aliphatic carbocycles. The number of aryl methyl sites for hydroxylation is 1. The van der Waals surface area contributed by atoms with E-state index in [0.717, 1.165) is 21.6 Å². The Labute approximate surface area is 225 Å². The van der Waals surface area contributed by atoms with Crippen LogP contribution in [0.2, 0.25) is 0 Å². The zero-order chi connectivity index (χ0) is 27.8. The fourth-order valence-electron chi connectivity index (χ4n) is 3.76. The van der Waals surface area contributed by atoms with Crippen LogP contribution in [0.1, 0.15) is 29.9 Å². The molecule has 4 rings (SSSR count). The molecule has 1 amide bonds. The monoisotopic (exact) mass is 531 g/mol. The first-order valence-electron chi connectivity index (χ1n) is 12.3. The van der Waals surface area contributed by atoms with Gasteiger partial charge in [0.25, 0.3) is 5.89 Å². The van der Waals surface area contributed by atoms with Crippen molar-refractivity contribution in [2.75, 3.05) is 20.3 Å². The van der Waals surface area contributed by atoms with Gasteiger partial charge in [-0.1, -0.05) is 35.0 Å². The molecule has 0 saturated carbocycles. The normalized spacial score (nSPS) is 11.5. The number of rotatable bonds is 11. The van der Waals surface area contributed by atoms with Gasteiger partial charge in [-0.25, -0.2) is 4.79 Å². The fraction of sp³-hybridized carbons (Fsp3) is 0.241. The summed E-state index contributed by atoms with van der Waals surface area (Å²) in [6.45, 7) is 3.55. The Morgan fingerprint density at radius 2 is 1.59 bits per heavy atom. The molecule has 1 N–H and O–H groups in total. The third-order valence-electron chi connectivity index (χ3n) is 6.00. The third-order valence-corrected chi connectivity index (χ3v) is 6.00. The second-order valence-corrected chi connectivity index (χ2v) is 8.79. The zero-order valence-electron chi connectivity index (χ0n) is 21.9. The number of hydrogen-bond donors (Lipinski definition) is 1. The number of carboxylic acid groups (broad SMARTS) is 1. The van der Waals surface area contributed by atoms with Crippen molar-refractivity contribution >= 4 is 12.1 Å². The van der Waals surface area contributed by atoms with E-state index in [1.54, 1.807) is 55.5 Å². The van der Waals surface area contributed by atoms with E-state index in [2.05, 4.69) is 10.1 Å². The average Bonchev–Trinajstić information content (AvgIpc) is 3.41. The summed E-state index contributed by atoms with van der Waals surface area (Å²) in [5.74, 6) is 1.34. The smallest absolute Gasteiger partial charge is 0.416 e. The summed E-state index contributed by atoms with van der Waals surface area (Å²) in [7, 11) is 1.53. The number of amides is 1. The molecule has 0 spiro atoms. The molecule has 10 heteroatoms. The SMILES string of the molecule is COc1ccc(OC(=O)N(CC(=O)O)C(C)c2ccc(OCCc3noc(-c4ccc(C)cc4)n3)cc2)cc1. The predicted octanol–water partition coefficient (Wildman–Crippen LogP) is 5.32. The van der Waals surface area contributed by atoms with Gasteiger partial charge >= 0.3 is 12.1 Å². The van der Waals surface area contributed by atoms with Gasteiger partial charge in [0.1, 0.15) is 23.8 Å². The summed E-state index contributed by atoms with van der Waals surface area (Å²) in [6, 6.07) is 20.8. The number of ether oxygens (including phenoxy) is 3. The lowest BCUT2D eigenvalue weighted by atomic mass is 10.1. The molecule has 0 aliphatic heterocycles. The van der Waals surface area contributed by atoms with E-state index < -0.39 is 24.6 Å². The van der Waals surface area contributed by atoms with Crippen molar-refractivity contribution in [3.8, 4) is 28.7 Å². The molecule has 3 aromatic carbocycles. The molecule has 0 saturated heterocycles. The van der Waals surface area contributed by atoms with Crippen LogP contribution in [0.15, 0.2) is 77.3 Å². The molecular formula is C29H29N3O7. The number of aromatic nitrogens is 2. The molecule has 1 aromatic heterocycles. The molecule has 0 aliphatic rings. The summed E-state index contributed by atoms with van der Waals surface area (Å²) in [5.41, 5.74) is 2.72. The number of carboxylic acids is 1. The van der Waals surface area contributed by atoms with Gasteiger partial charge in [0.15, 0.2) is 5.82 Å². The van der Waals surface area contributed by atoms with Crippen LogP contribution in [0.5, 0.6) is 17.2 Å². The van der Waals surface area contributed by atoms with Gasteiger partial charge in [-0.3, -0.25) is 9.69 Å². The number of nitrogens with zero attached hydrogens (tertiary/aromatic N) is 3. The van der Waals surface area contributed by atoms with Gasteiger partial charge in [0.05, 0.1) is 19.8 Å². The number of methoxy groups -OCH3 is 1. The maximum Gasteiger partial charge on any atom is 0.416 e. The van der Waals surface area contributed by atoms with Crippen molar-refractivity contribution in [2.24, 2.45) is 0 Å². The van der Waals surface area contributed by atoms with E-state index in [1.807, 2.05) is 31.2 Å². The first kappa shape index (κ1) is 27.2. The van der Waals surface area contributed by atoms with Crippen LogP contribution in [0.25, 0.3) is 11.5 Å². The van der Waals surface area contributed by atoms with Gasteiger partial charge in [-0.05, 0) is 67.9 Å². The van der Waals surface area contributed by atoms with E-state index in [0.29, 0.717) is 36.2 Å². The van der Waals surface area contributed by atoms with Crippen LogP contribution in [0, 0.1) is 6.92 Å². The summed E-state index contributed by atoms with van der Waals surface area (Å²) in [4.78, 5) is 29.9. The molecule has 10 nitrogen and oxygen atoms in total. The lowest BCUT2D eigenvalue weighted by Gasteiger charge is -2.27. The van der Waals surface area contributed by atoms with Crippen molar-refractivity contribution in [3.63, 3.8) is 0 Å². The average molecular weight is 532 g/mol. The molecular weight excluding hydrogens is 502 g/mol. The van der Waals surface area contributed by atoms with Gasteiger partial charge in [-0.15, -0.1) is 0 Å². The van der Waals surface area contributed by atoms with Gasteiger partial charge in [0, 0.05) is 12.0 Å². The minimum atomic E-state index is -1.15. The first-order valence-corrected chi connectivity index (χ1v) is 12.3. The van der Waals surface area contributed by atoms with Crippen molar-refractivity contribution in [1.29, 1.82) is 0 Å². The molecule has 0 bridgehead atoms. The van der Waals surface area contributed by atoms with Crippen molar-refractivity contribution in [3.05, 3.63) is 89.7 Å². The lowest BCUT2D eigenvalue weighted by molar-refractivity contribution is -0.138. The Morgan fingerprint density at radius 3 is 2.23 bits per heavy atom. The maximum absolute atomic E-state index is 12.8. The first-order chi connectivity index (χ1) is 18.8. The number of hydrogen-bond acceptors (Lipinski definition) is 8. The molecule has 1 unspecified atom stereocenters. The van der Waals surface area contributed by atoms with Crippen molar-refractivity contribution < 1.29 is 33.4 Å². The highest BCUT2D eigenvalue weighted by Gasteiger charge is 2.26. The highest BCUT2D eigenvalue weighted by Crippen LogP contribution is 2.25. The summed E-state index contributed by atoms with van der Waals surface area (Å²) < 4.78 is 21.7. The molecule has 1 atom stereocenters. The van der Waals surface area contributed by atoms with E-state index in [1.165, 1.54) is 7.11 Å². The number of carbonyl (C=O) groups excluding carboxylic acids is 1. The third kappa shape index (κ3) is 7.35. The molecule has 39 heavy (non-hydrogen) atoms. The maximum atomic E-state index is 12.8. The second kappa shape index (κ2) is 12.6. The van der Waals surface area contributed by atoms with Gasteiger partial charge < -0.3 is 23.8 Å². The lowest BCUT2D eigenvalue weighted by Crippen LogP contribution is -2.39. The van der Waals surface area contributed by atoms with Gasteiger partial charge in [0.2, 0.25) is 0 Å². The zero-order valence-corrected chi connectivity index (χ0v) is 21.9. The van der Waals surface area contributed by atoms with E-state index in [9.17, 15) is 14.7 Å². The van der Waals surface area contributed by atoms with Crippen LogP contribution in [-0.2, 0) is 11.2 Å². The fourth-order valence-corrected chi connectivity index (χ4v) is 3.76. The van der Waals surface area contributed by atoms with Crippen molar-refractivity contribution in [2.45, 2.75) is 26.3 Å². The summed E-state index contributed by atoms with van der Waals surface area (Å²) in [6.07, 6.45) is -0.322. The van der Waals surface area contributed by atoms with Crippen LogP contribution in [0.4, 0.5) is 4.79 Å². The number of benzene rings is 3. The minimum absolute atomic E-state index is 0.278. The van der Waals surface area contributed by atoms with Crippen LogP contribution < -0.4 is 14.2 Å². The second-order valence-electron chi connectivity index (χ2n) is 8.79. The predicted molar refractivity (Wildman–Crippen MR) is 142 cm³/mol. The largest absolute Gasteiger partial charge is 0.497 e. The molecule has 1 heterocycles. The van der Waals surface area contributed by atoms with Crippen LogP contribution >= 0.6 is 0 Å². The molecule has 202 valence electrons. The topological polar surface area (TPSA) is 124 Å². The standard InChI is InChI=1S/C29H29N3O7/c1-19-4-6-22(7-5-19)28-30-26(31-39-28)16-17-37-24-10-8-21(9-11-24)20(2)32(18-27(33)34)29(35)38-25-14-12-23(36-3)13-15-25/h4-15,20H,16-18H2,1-3H3,(H,33,34). The quantitative estimate of drug-likeness (QED) is 0.274. The Balaban J connectivity index is 1.33. The summed E-state index contributed by atoms with van der Waals surface area (Å²) in [5, 5.41) is 13.4.